The normalized spacial score (nSPS) is 15.0. The molecule has 4 heteroatoms. The van der Waals surface area contributed by atoms with Crippen LogP contribution in [0.4, 0.5) is 0 Å². The zero-order chi connectivity index (χ0) is 19.5. The minimum atomic E-state index is -0.674. The molecule has 0 bridgehead atoms. The number of nitrogens with one attached hydrogen (secondary N) is 1. The van der Waals surface area contributed by atoms with Gasteiger partial charge in [-0.05, 0) is 29.7 Å². The molecule has 0 aliphatic carbocycles. The van der Waals surface area contributed by atoms with Gasteiger partial charge in [-0.2, -0.15) is 0 Å². The Kier molecular flexibility index (Phi) is 4.94. The van der Waals surface area contributed by atoms with E-state index in [1.54, 1.807) is 4.90 Å². The fraction of sp³-hybridized carbons (Fsp3) is 0.167. The zero-order valence-corrected chi connectivity index (χ0v) is 15.7. The van der Waals surface area contributed by atoms with Gasteiger partial charge < -0.3 is 10.2 Å². The van der Waals surface area contributed by atoms with Crippen molar-refractivity contribution in [3.8, 4) is 0 Å². The van der Waals surface area contributed by atoms with Crippen LogP contribution >= 0.6 is 0 Å². The van der Waals surface area contributed by atoms with Gasteiger partial charge in [0, 0.05) is 12.1 Å². The molecule has 1 aliphatic rings. The van der Waals surface area contributed by atoms with Gasteiger partial charge in [0.1, 0.15) is 6.04 Å². The Morgan fingerprint density at radius 2 is 1.43 bits per heavy atom. The summed E-state index contributed by atoms with van der Waals surface area (Å²) in [4.78, 5) is 28.0. The lowest BCUT2D eigenvalue weighted by atomic mass is 10.0. The minimum absolute atomic E-state index is 0.105. The Labute approximate surface area is 164 Å². The first-order valence-electron chi connectivity index (χ1n) is 9.44. The average molecular weight is 370 g/mol. The highest BCUT2D eigenvalue weighted by Crippen LogP contribution is 2.32. The standard InChI is InChI=1S/C24H22N2O2/c1-17(18-10-4-2-5-11-18)25-23(27)22(19-12-6-3-7-13-19)26-16-20-14-8-9-15-21(20)24(26)28/h2-15,17,22H,16H2,1H3,(H,25,27). The maximum absolute atomic E-state index is 13.3. The molecule has 3 aromatic rings. The predicted octanol–water partition coefficient (Wildman–Crippen LogP) is 4.26. The van der Waals surface area contributed by atoms with E-state index in [2.05, 4.69) is 5.32 Å². The molecule has 1 heterocycles. The van der Waals surface area contributed by atoms with E-state index in [-0.39, 0.29) is 17.9 Å². The van der Waals surface area contributed by atoms with Crippen LogP contribution in [0, 0.1) is 0 Å². The molecule has 0 saturated heterocycles. The molecule has 0 saturated carbocycles. The third-order valence-corrected chi connectivity index (χ3v) is 5.18. The second kappa shape index (κ2) is 7.69. The van der Waals surface area contributed by atoms with Gasteiger partial charge >= 0.3 is 0 Å². The molecule has 2 amide bonds. The second-order valence-corrected chi connectivity index (χ2v) is 7.04. The van der Waals surface area contributed by atoms with Crippen LogP contribution in [0.25, 0.3) is 0 Å². The molecular weight excluding hydrogens is 348 g/mol. The highest BCUT2D eigenvalue weighted by atomic mass is 16.2. The molecule has 140 valence electrons. The summed E-state index contributed by atoms with van der Waals surface area (Å²) < 4.78 is 0. The highest BCUT2D eigenvalue weighted by Gasteiger charge is 2.37. The summed E-state index contributed by atoms with van der Waals surface area (Å²) in [5.41, 5.74) is 3.46. The maximum atomic E-state index is 13.3. The van der Waals surface area contributed by atoms with E-state index in [1.807, 2.05) is 91.9 Å². The van der Waals surface area contributed by atoms with Crippen molar-refractivity contribution < 1.29 is 9.59 Å². The first-order chi connectivity index (χ1) is 13.6. The molecule has 0 aromatic heterocycles. The lowest BCUT2D eigenvalue weighted by molar-refractivity contribution is -0.126. The van der Waals surface area contributed by atoms with E-state index in [0.29, 0.717) is 12.1 Å². The summed E-state index contributed by atoms with van der Waals surface area (Å²) in [6, 6.07) is 26.0. The molecule has 4 rings (SSSR count). The van der Waals surface area contributed by atoms with Crippen molar-refractivity contribution in [1.29, 1.82) is 0 Å². The van der Waals surface area contributed by atoms with Crippen molar-refractivity contribution in [3.05, 3.63) is 107 Å². The Hall–Kier alpha value is -3.40. The van der Waals surface area contributed by atoms with Gasteiger partial charge in [0.05, 0.1) is 6.04 Å². The first-order valence-corrected chi connectivity index (χ1v) is 9.44. The molecule has 3 aromatic carbocycles. The van der Waals surface area contributed by atoms with E-state index >= 15 is 0 Å². The molecule has 0 fully saturated rings. The summed E-state index contributed by atoms with van der Waals surface area (Å²) >= 11 is 0. The number of carbonyl (C=O) groups excluding carboxylic acids is 2. The number of carbonyl (C=O) groups is 2. The molecule has 0 radical (unpaired) electrons. The van der Waals surface area contributed by atoms with Gasteiger partial charge in [-0.1, -0.05) is 78.9 Å². The molecule has 2 unspecified atom stereocenters. The van der Waals surface area contributed by atoms with E-state index in [1.165, 1.54) is 0 Å². The van der Waals surface area contributed by atoms with Crippen LogP contribution in [0.5, 0.6) is 0 Å². The van der Waals surface area contributed by atoms with Gasteiger partial charge in [0.25, 0.3) is 5.91 Å². The minimum Gasteiger partial charge on any atom is -0.347 e. The number of fused-ring (bicyclic) bond motifs is 1. The van der Waals surface area contributed by atoms with Crippen LogP contribution in [-0.4, -0.2) is 16.7 Å². The maximum Gasteiger partial charge on any atom is 0.255 e. The quantitative estimate of drug-likeness (QED) is 0.729. The lowest BCUT2D eigenvalue weighted by Gasteiger charge is -2.28. The van der Waals surface area contributed by atoms with Crippen molar-refractivity contribution >= 4 is 11.8 Å². The molecule has 1 N–H and O–H groups in total. The number of nitrogens with zero attached hydrogens (tertiary/aromatic N) is 1. The Bertz CT molecular complexity index is 986. The van der Waals surface area contributed by atoms with E-state index < -0.39 is 6.04 Å². The number of hydrogen-bond donors (Lipinski definition) is 1. The average Bonchev–Trinajstić information content (AvgIpc) is 3.06. The predicted molar refractivity (Wildman–Crippen MR) is 108 cm³/mol. The van der Waals surface area contributed by atoms with Crippen LogP contribution in [0.15, 0.2) is 84.9 Å². The third kappa shape index (κ3) is 3.41. The van der Waals surface area contributed by atoms with Gasteiger partial charge in [0.15, 0.2) is 0 Å². The van der Waals surface area contributed by atoms with Crippen molar-refractivity contribution in [3.63, 3.8) is 0 Å². The fourth-order valence-electron chi connectivity index (χ4n) is 3.71. The van der Waals surface area contributed by atoms with Crippen molar-refractivity contribution in [2.24, 2.45) is 0 Å². The summed E-state index contributed by atoms with van der Waals surface area (Å²) in [5, 5.41) is 3.09. The van der Waals surface area contributed by atoms with Crippen LogP contribution in [0.1, 0.15) is 46.1 Å². The van der Waals surface area contributed by atoms with E-state index in [4.69, 9.17) is 0 Å². The van der Waals surface area contributed by atoms with Gasteiger partial charge in [-0.15, -0.1) is 0 Å². The van der Waals surface area contributed by atoms with Gasteiger partial charge in [-0.3, -0.25) is 9.59 Å². The summed E-state index contributed by atoms with van der Waals surface area (Å²) in [6.07, 6.45) is 0. The van der Waals surface area contributed by atoms with Gasteiger partial charge in [0.2, 0.25) is 5.91 Å². The molecule has 0 spiro atoms. The number of benzene rings is 3. The van der Waals surface area contributed by atoms with Crippen LogP contribution in [0.2, 0.25) is 0 Å². The number of amides is 2. The van der Waals surface area contributed by atoms with E-state index in [0.717, 1.165) is 16.7 Å². The molecular formula is C24H22N2O2. The SMILES string of the molecule is CC(NC(=O)C(c1ccccc1)N1Cc2ccccc2C1=O)c1ccccc1. The number of rotatable bonds is 5. The molecule has 4 nitrogen and oxygen atoms in total. The topological polar surface area (TPSA) is 49.4 Å². The smallest absolute Gasteiger partial charge is 0.255 e. The third-order valence-electron chi connectivity index (χ3n) is 5.18. The van der Waals surface area contributed by atoms with Crippen molar-refractivity contribution in [1.82, 2.24) is 10.2 Å². The summed E-state index contributed by atoms with van der Waals surface area (Å²) in [6.45, 7) is 2.39. The second-order valence-electron chi connectivity index (χ2n) is 7.04. The summed E-state index contributed by atoms with van der Waals surface area (Å²) in [7, 11) is 0. The van der Waals surface area contributed by atoms with Crippen molar-refractivity contribution in [2.45, 2.75) is 25.6 Å². The fourth-order valence-corrected chi connectivity index (χ4v) is 3.71. The number of hydrogen-bond acceptors (Lipinski definition) is 2. The Morgan fingerprint density at radius 3 is 2.07 bits per heavy atom. The molecule has 2 atom stereocenters. The van der Waals surface area contributed by atoms with Crippen LogP contribution < -0.4 is 5.32 Å². The highest BCUT2D eigenvalue weighted by molar-refractivity contribution is 6.01. The monoisotopic (exact) mass is 370 g/mol. The van der Waals surface area contributed by atoms with Crippen LogP contribution in [0.3, 0.4) is 0 Å². The molecule has 28 heavy (non-hydrogen) atoms. The van der Waals surface area contributed by atoms with Crippen molar-refractivity contribution in [2.75, 3.05) is 0 Å². The zero-order valence-electron chi connectivity index (χ0n) is 15.7. The Morgan fingerprint density at radius 1 is 0.857 bits per heavy atom. The van der Waals surface area contributed by atoms with Crippen LogP contribution in [-0.2, 0) is 11.3 Å². The largest absolute Gasteiger partial charge is 0.347 e. The van der Waals surface area contributed by atoms with E-state index in [9.17, 15) is 9.59 Å². The molecule has 1 aliphatic heterocycles. The Balaban J connectivity index is 1.64. The van der Waals surface area contributed by atoms with Gasteiger partial charge in [-0.25, -0.2) is 0 Å². The lowest BCUT2D eigenvalue weighted by Crippen LogP contribution is -2.41. The summed E-state index contributed by atoms with van der Waals surface area (Å²) in [5.74, 6) is -0.282. The first kappa shape index (κ1) is 18.0.